The lowest BCUT2D eigenvalue weighted by Gasteiger charge is -2.24. The van der Waals surface area contributed by atoms with Gasteiger partial charge in [0.1, 0.15) is 11.2 Å². The third kappa shape index (κ3) is 5.09. The zero-order valence-corrected chi connectivity index (χ0v) is 15.7. The third-order valence-electron chi connectivity index (χ3n) is 3.91. The van der Waals surface area contributed by atoms with Crippen molar-refractivity contribution in [1.29, 1.82) is 0 Å². The minimum Gasteiger partial charge on any atom is -0.455 e. The standard InChI is InChI=1S/C21H26N2O3/c1-15(2)14-22-19(24)21(3,4)20(25)23-17-12-8-9-13-18(17)26-16-10-6-5-7-11-16/h5-13,15H,14H2,1-4H3,(H,22,24)(H,23,25). The quantitative estimate of drug-likeness (QED) is 0.732. The molecule has 5 nitrogen and oxygen atoms in total. The Hall–Kier alpha value is -2.82. The molecule has 26 heavy (non-hydrogen) atoms. The molecule has 0 fully saturated rings. The van der Waals surface area contributed by atoms with Crippen molar-refractivity contribution < 1.29 is 14.3 Å². The Balaban J connectivity index is 2.12. The topological polar surface area (TPSA) is 67.4 Å². The summed E-state index contributed by atoms with van der Waals surface area (Å²) in [5.41, 5.74) is -0.680. The van der Waals surface area contributed by atoms with Crippen molar-refractivity contribution in [2.75, 3.05) is 11.9 Å². The van der Waals surface area contributed by atoms with E-state index in [2.05, 4.69) is 10.6 Å². The number of nitrogens with one attached hydrogen (secondary N) is 2. The van der Waals surface area contributed by atoms with Gasteiger partial charge in [0.15, 0.2) is 5.75 Å². The second kappa shape index (κ2) is 8.52. The molecule has 0 radical (unpaired) electrons. The smallest absolute Gasteiger partial charge is 0.239 e. The fourth-order valence-corrected chi connectivity index (χ4v) is 2.17. The normalized spacial score (nSPS) is 11.1. The second-order valence-corrected chi connectivity index (χ2v) is 7.09. The molecule has 0 heterocycles. The van der Waals surface area contributed by atoms with Crippen LogP contribution in [0.3, 0.4) is 0 Å². The van der Waals surface area contributed by atoms with Crippen LogP contribution in [0.15, 0.2) is 54.6 Å². The van der Waals surface area contributed by atoms with Crippen LogP contribution in [0.1, 0.15) is 27.7 Å². The number of carbonyl (C=O) groups is 2. The zero-order valence-electron chi connectivity index (χ0n) is 15.7. The van der Waals surface area contributed by atoms with Crippen LogP contribution in [0.25, 0.3) is 0 Å². The van der Waals surface area contributed by atoms with Gasteiger partial charge in [0.2, 0.25) is 11.8 Å². The van der Waals surface area contributed by atoms with Crippen LogP contribution in [0.2, 0.25) is 0 Å². The Kier molecular flexibility index (Phi) is 6.39. The Labute approximate surface area is 154 Å². The molecule has 138 valence electrons. The second-order valence-electron chi connectivity index (χ2n) is 7.09. The van der Waals surface area contributed by atoms with Crippen LogP contribution in [0, 0.1) is 11.3 Å². The highest BCUT2D eigenvalue weighted by Crippen LogP contribution is 2.30. The number of hydrogen-bond donors (Lipinski definition) is 2. The Morgan fingerprint density at radius 3 is 2.23 bits per heavy atom. The van der Waals surface area contributed by atoms with E-state index < -0.39 is 5.41 Å². The summed E-state index contributed by atoms with van der Waals surface area (Å²) >= 11 is 0. The van der Waals surface area contributed by atoms with Crippen molar-refractivity contribution in [3.63, 3.8) is 0 Å². The summed E-state index contributed by atoms with van der Waals surface area (Å²) < 4.78 is 5.85. The molecule has 0 atom stereocenters. The van der Waals surface area contributed by atoms with Gasteiger partial charge < -0.3 is 15.4 Å². The first-order valence-corrected chi connectivity index (χ1v) is 8.72. The van der Waals surface area contributed by atoms with Gasteiger partial charge in [-0.2, -0.15) is 0 Å². The largest absolute Gasteiger partial charge is 0.455 e. The van der Waals surface area contributed by atoms with Gasteiger partial charge in [0, 0.05) is 6.54 Å². The van der Waals surface area contributed by atoms with Crippen LogP contribution in [0.5, 0.6) is 11.5 Å². The van der Waals surface area contributed by atoms with Gasteiger partial charge in [-0.15, -0.1) is 0 Å². The number of anilines is 1. The summed E-state index contributed by atoms with van der Waals surface area (Å²) in [6, 6.07) is 16.5. The monoisotopic (exact) mass is 354 g/mol. The van der Waals surface area contributed by atoms with Gasteiger partial charge >= 0.3 is 0 Å². The summed E-state index contributed by atoms with van der Waals surface area (Å²) in [5, 5.41) is 5.63. The van der Waals surface area contributed by atoms with Crippen molar-refractivity contribution in [1.82, 2.24) is 5.32 Å². The Morgan fingerprint density at radius 2 is 1.58 bits per heavy atom. The lowest BCUT2D eigenvalue weighted by molar-refractivity contribution is -0.138. The molecule has 0 aliphatic carbocycles. The summed E-state index contributed by atoms with van der Waals surface area (Å²) in [6.07, 6.45) is 0. The number of ether oxygens (including phenoxy) is 1. The summed E-state index contributed by atoms with van der Waals surface area (Å²) in [5.74, 6) is 0.819. The highest BCUT2D eigenvalue weighted by Gasteiger charge is 2.36. The number of rotatable bonds is 7. The first-order chi connectivity index (χ1) is 12.3. The lowest BCUT2D eigenvalue weighted by Crippen LogP contribution is -2.46. The number of hydrogen-bond acceptors (Lipinski definition) is 3. The molecule has 0 unspecified atom stereocenters. The van der Waals surface area contributed by atoms with E-state index in [-0.39, 0.29) is 11.8 Å². The molecule has 0 saturated carbocycles. The Morgan fingerprint density at radius 1 is 0.962 bits per heavy atom. The molecule has 2 rings (SSSR count). The molecule has 2 aromatic rings. The van der Waals surface area contributed by atoms with Crippen molar-refractivity contribution in [2.45, 2.75) is 27.7 Å². The molecular weight excluding hydrogens is 328 g/mol. The summed E-state index contributed by atoms with van der Waals surface area (Å²) in [7, 11) is 0. The van der Waals surface area contributed by atoms with E-state index in [4.69, 9.17) is 4.74 Å². The predicted octanol–water partition coefficient (Wildman–Crippen LogP) is 4.22. The van der Waals surface area contributed by atoms with Crippen LogP contribution in [-0.2, 0) is 9.59 Å². The zero-order chi connectivity index (χ0) is 19.2. The number of carbonyl (C=O) groups excluding carboxylic acids is 2. The minimum absolute atomic E-state index is 0.301. The van der Waals surface area contributed by atoms with Gasteiger partial charge in [0.05, 0.1) is 5.69 Å². The molecule has 0 saturated heterocycles. The maximum Gasteiger partial charge on any atom is 0.239 e. The van der Waals surface area contributed by atoms with Gasteiger partial charge in [-0.3, -0.25) is 9.59 Å². The first-order valence-electron chi connectivity index (χ1n) is 8.72. The number of para-hydroxylation sites is 3. The summed E-state index contributed by atoms with van der Waals surface area (Å²) in [4.78, 5) is 25.1. The molecule has 2 amide bonds. The fourth-order valence-electron chi connectivity index (χ4n) is 2.17. The fraction of sp³-hybridized carbons (Fsp3) is 0.333. The molecule has 0 aromatic heterocycles. The SMILES string of the molecule is CC(C)CNC(=O)C(C)(C)C(=O)Nc1ccccc1Oc1ccccc1. The maximum absolute atomic E-state index is 12.7. The van der Waals surface area contributed by atoms with Crippen LogP contribution < -0.4 is 15.4 Å². The van der Waals surface area contributed by atoms with Crippen molar-refractivity contribution in [3.8, 4) is 11.5 Å². The molecule has 0 bridgehead atoms. The minimum atomic E-state index is -1.20. The molecule has 5 heteroatoms. The van der Waals surface area contributed by atoms with Crippen LogP contribution >= 0.6 is 0 Å². The van der Waals surface area contributed by atoms with Crippen molar-refractivity contribution in [2.24, 2.45) is 11.3 Å². The van der Waals surface area contributed by atoms with E-state index in [0.717, 1.165) is 0 Å². The van der Waals surface area contributed by atoms with E-state index in [1.165, 1.54) is 0 Å². The van der Waals surface area contributed by atoms with Gasteiger partial charge in [-0.05, 0) is 44.0 Å². The number of amides is 2. The van der Waals surface area contributed by atoms with Crippen LogP contribution in [0.4, 0.5) is 5.69 Å². The first kappa shape index (κ1) is 19.5. The van der Waals surface area contributed by atoms with E-state index in [9.17, 15) is 9.59 Å². The summed E-state index contributed by atoms with van der Waals surface area (Å²) in [6.45, 7) is 7.76. The average molecular weight is 354 g/mol. The average Bonchev–Trinajstić information content (AvgIpc) is 2.62. The van der Waals surface area contributed by atoms with Gasteiger partial charge in [-0.1, -0.05) is 44.2 Å². The third-order valence-corrected chi connectivity index (χ3v) is 3.91. The lowest BCUT2D eigenvalue weighted by atomic mass is 9.90. The van der Waals surface area contributed by atoms with E-state index in [1.54, 1.807) is 32.0 Å². The van der Waals surface area contributed by atoms with Gasteiger partial charge in [-0.25, -0.2) is 0 Å². The van der Waals surface area contributed by atoms with Gasteiger partial charge in [0.25, 0.3) is 0 Å². The molecule has 0 aliphatic heterocycles. The highest BCUT2D eigenvalue weighted by molar-refractivity contribution is 6.10. The molecule has 0 spiro atoms. The maximum atomic E-state index is 12.7. The molecular formula is C21H26N2O3. The number of benzene rings is 2. The molecule has 0 aliphatic rings. The molecule has 2 aromatic carbocycles. The highest BCUT2D eigenvalue weighted by atomic mass is 16.5. The predicted molar refractivity (Wildman–Crippen MR) is 103 cm³/mol. The van der Waals surface area contributed by atoms with Crippen LogP contribution in [-0.4, -0.2) is 18.4 Å². The van der Waals surface area contributed by atoms with E-state index >= 15 is 0 Å². The molecule has 2 N–H and O–H groups in total. The Bertz CT molecular complexity index is 755. The van der Waals surface area contributed by atoms with Crippen molar-refractivity contribution in [3.05, 3.63) is 54.6 Å². The van der Waals surface area contributed by atoms with Crippen molar-refractivity contribution >= 4 is 17.5 Å². The van der Waals surface area contributed by atoms with E-state index in [0.29, 0.717) is 29.6 Å². The van der Waals surface area contributed by atoms with E-state index in [1.807, 2.05) is 50.2 Å².